The van der Waals surface area contributed by atoms with Gasteiger partial charge < -0.3 is 48.5 Å². The molecule has 4 atom stereocenters. The smallest absolute Gasteiger partial charge is 0.328 e. The first-order chi connectivity index (χ1) is 16.8. The number of nitrogens with two attached hydrogens (primary N) is 3. The summed E-state index contributed by atoms with van der Waals surface area (Å²) in [6.45, 7) is -0.964. The number of carbonyl (C=O) groups excluding carboxylic acids is 5. The van der Waals surface area contributed by atoms with Crippen LogP contribution in [0.25, 0.3) is 0 Å². The molecule has 0 saturated heterocycles. The van der Waals surface area contributed by atoms with Gasteiger partial charge in [0.25, 0.3) is 0 Å². The normalized spacial score (nSPS) is 13.9. The van der Waals surface area contributed by atoms with Crippen molar-refractivity contribution in [2.24, 2.45) is 17.2 Å². The number of primary amides is 2. The minimum absolute atomic E-state index is 0.0168. The van der Waals surface area contributed by atoms with Gasteiger partial charge in [0.2, 0.25) is 29.5 Å². The van der Waals surface area contributed by atoms with Crippen LogP contribution in [0.1, 0.15) is 24.8 Å². The monoisotopic (exact) mass is 510 g/mol. The first kappa shape index (κ1) is 29.8. The van der Waals surface area contributed by atoms with Crippen LogP contribution >= 0.6 is 0 Å². The SMILES string of the molecule is NC(=O)CCC(NC(=O)C(N)Cc1ccc(O)cc1)C(=O)NC(CC(N)=O)C(=O)NC(CO)C(=O)O. The number of aliphatic carboxylic acids is 1. The van der Waals surface area contributed by atoms with Gasteiger partial charge in [0.05, 0.1) is 19.1 Å². The molecule has 0 spiro atoms. The third-order valence-corrected chi connectivity index (χ3v) is 4.88. The van der Waals surface area contributed by atoms with Gasteiger partial charge in [-0.2, -0.15) is 0 Å². The molecule has 0 aliphatic rings. The highest BCUT2D eigenvalue weighted by Gasteiger charge is 2.31. The topological polar surface area (TPSA) is 277 Å². The van der Waals surface area contributed by atoms with Gasteiger partial charge >= 0.3 is 5.97 Å². The van der Waals surface area contributed by atoms with E-state index in [0.717, 1.165) is 0 Å². The molecular formula is C21H30N6O9. The summed E-state index contributed by atoms with van der Waals surface area (Å²) >= 11 is 0. The molecule has 0 aliphatic carbocycles. The Hall–Kier alpha value is -4.24. The molecule has 15 nitrogen and oxygen atoms in total. The van der Waals surface area contributed by atoms with Crippen LogP contribution in [-0.2, 0) is 35.2 Å². The summed E-state index contributed by atoms with van der Waals surface area (Å²) in [4.78, 5) is 71.6. The number of phenols is 1. The van der Waals surface area contributed by atoms with Crippen LogP contribution in [0.3, 0.4) is 0 Å². The zero-order chi connectivity index (χ0) is 27.4. The summed E-state index contributed by atoms with van der Waals surface area (Å²) in [7, 11) is 0. The molecule has 0 aliphatic heterocycles. The first-order valence-electron chi connectivity index (χ1n) is 10.7. The largest absolute Gasteiger partial charge is 0.508 e. The number of rotatable bonds is 15. The molecule has 1 rings (SSSR count). The van der Waals surface area contributed by atoms with Crippen molar-refractivity contribution in [1.82, 2.24) is 16.0 Å². The van der Waals surface area contributed by atoms with Crippen molar-refractivity contribution in [2.45, 2.75) is 49.9 Å². The molecule has 0 fully saturated rings. The lowest BCUT2D eigenvalue weighted by molar-refractivity contribution is -0.143. The van der Waals surface area contributed by atoms with Crippen LogP contribution < -0.4 is 33.2 Å². The summed E-state index contributed by atoms with van der Waals surface area (Å²) in [5.41, 5.74) is 16.8. The Bertz CT molecular complexity index is 969. The van der Waals surface area contributed by atoms with Crippen LogP contribution in [0, 0.1) is 0 Å². The van der Waals surface area contributed by atoms with E-state index < -0.39 is 72.7 Å². The lowest BCUT2D eigenvalue weighted by Crippen LogP contribution is -2.58. The Morgan fingerprint density at radius 2 is 1.33 bits per heavy atom. The third kappa shape index (κ3) is 10.4. The highest BCUT2D eigenvalue weighted by molar-refractivity contribution is 5.96. The van der Waals surface area contributed by atoms with Gasteiger partial charge in [-0.3, -0.25) is 24.0 Å². The third-order valence-electron chi connectivity index (χ3n) is 4.88. The Morgan fingerprint density at radius 3 is 1.83 bits per heavy atom. The Labute approximate surface area is 205 Å². The van der Waals surface area contributed by atoms with E-state index in [1.54, 1.807) is 12.1 Å². The van der Waals surface area contributed by atoms with E-state index in [4.69, 9.17) is 27.4 Å². The van der Waals surface area contributed by atoms with Crippen molar-refractivity contribution < 1.29 is 44.1 Å². The molecule has 0 aromatic heterocycles. The summed E-state index contributed by atoms with van der Waals surface area (Å²) in [5, 5.41) is 33.9. The molecule has 12 N–H and O–H groups in total. The van der Waals surface area contributed by atoms with Crippen LogP contribution in [0.5, 0.6) is 5.75 Å². The molecule has 15 heteroatoms. The second kappa shape index (κ2) is 14.2. The fourth-order valence-electron chi connectivity index (χ4n) is 2.95. The predicted molar refractivity (Wildman–Crippen MR) is 123 cm³/mol. The number of hydrogen-bond acceptors (Lipinski definition) is 9. The molecule has 4 unspecified atom stereocenters. The molecular weight excluding hydrogens is 480 g/mol. The van der Waals surface area contributed by atoms with Gasteiger partial charge in [-0.1, -0.05) is 12.1 Å². The van der Waals surface area contributed by atoms with E-state index in [-0.39, 0.29) is 25.0 Å². The van der Waals surface area contributed by atoms with Crippen LogP contribution in [-0.4, -0.2) is 81.6 Å². The van der Waals surface area contributed by atoms with Gasteiger partial charge in [0, 0.05) is 6.42 Å². The van der Waals surface area contributed by atoms with Crippen LogP contribution in [0.4, 0.5) is 0 Å². The molecule has 0 bridgehead atoms. The van der Waals surface area contributed by atoms with Crippen molar-refractivity contribution in [1.29, 1.82) is 0 Å². The molecule has 36 heavy (non-hydrogen) atoms. The maximum Gasteiger partial charge on any atom is 0.328 e. The number of carboxylic acids is 1. The van der Waals surface area contributed by atoms with E-state index in [1.807, 2.05) is 5.32 Å². The number of benzene rings is 1. The van der Waals surface area contributed by atoms with Crippen LogP contribution in [0.15, 0.2) is 24.3 Å². The molecule has 0 radical (unpaired) electrons. The number of amides is 5. The number of carboxylic acid groups (broad SMARTS) is 1. The summed E-state index contributed by atoms with van der Waals surface area (Å²) in [5.74, 6) is -6.26. The molecule has 1 aromatic carbocycles. The Balaban J connectivity index is 2.98. The van der Waals surface area contributed by atoms with Gasteiger partial charge in [0.15, 0.2) is 0 Å². The minimum atomic E-state index is -1.71. The number of phenolic OH excluding ortho intramolecular Hbond substituents is 1. The standard InChI is InChI=1S/C21H30N6O9/c22-12(7-10-1-3-11(29)4-2-10)18(32)25-13(5-6-16(23)30)19(33)26-14(8-17(24)31)20(34)27-15(9-28)21(35)36/h1-4,12-15,28-29H,5-9,22H2,(H2,23,30)(H2,24,31)(H,25,32)(H,26,33)(H,27,34)(H,35,36). The summed E-state index contributed by atoms with van der Waals surface area (Å²) in [6, 6.07) is -0.0175. The average Bonchev–Trinajstić information content (AvgIpc) is 2.79. The predicted octanol–water partition coefficient (Wildman–Crippen LogP) is -4.07. The number of carbonyl (C=O) groups is 6. The lowest BCUT2D eigenvalue weighted by atomic mass is 10.0. The van der Waals surface area contributed by atoms with E-state index in [0.29, 0.717) is 5.56 Å². The van der Waals surface area contributed by atoms with E-state index >= 15 is 0 Å². The minimum Gasteiger partial charge on any atom is -0.508 e. The number of aromatic hydroxyl groups is 1. The van der Waals surface area contributed by atoms with Crippen molar-refractivity contribution in [3.63, 3.8) is 0 Å². The fourth-order valence-corrected chi connectivity index (χ4v) is 2.95. The first-order valence-corrected chi connectivity index (χ1v) is 10.7. The highest BCUT2D eigenvalue weighted by Crippen LogP contribution is 2.11. The second-order valence-electron chi connectivity index (χ2n) is 7.86. The zero-order valence-corrected chi connectivity index (χ0v) is 19.2. The molecule has 0 saturated carbocycles. The van der Waals surface area contributed by atoms with E-state index in [9.17, 15) is 33.9 Å². The van der Waals surface area contributed by atoms with Gasteiger partial charge in [-0.15, -0.1) is 0 Å². The molecule has 1 aromatic rings. The quantitative estimate of drug-likeness (QED) is 0.110. The fraction of sp³-hybridized carbons (Fsp3) is 0.429. The number of aliphatic hydroxyl groups excluding tert-OH is 1. The number of aliphatic hydroxyl groups is 1. The maximum absolute atomic E-state index is 12.9. The summed E-state index contributed by atoms with van der Waals surface area (Å²) < 4.78 is 0. The number of nitrogens with one attached hydrogen (secondary N) is 3. The van der Waals surface area contributed by atoms with Crippen molar-refractivity contribution in [3.05, 3.63) is 29.8 Å². The van der Waals surface area contributed by atoms with Crippen molar-refractivity contribution in [3.8, 4) is 5.75 Å². The van der Waals surface area contributed by atoms with Crippen molar-refractivity contribution in [2.75, 3.05) is 6.61 Å². The van der Waals surface area contributed by atoms with Crippen LogP contribution in [0.2, 0.25) is 0 Å². The number of hydrogen-bond donors (Lipinski definition) is 9. The molecule has 198 valence electrons. The maximum atomic E-state index is 12.9. The second-order valence-corrected chi connectivity index (χ2v) is 7.86. The Morgan fingerprint density at radius 1 is 0.806 bits per heavy atom. The summed E-state index contributed by atoms with van der Waals surface area (Å²) in [6.07, 6.45) is -1.30. The Kier molecular flexibility index (Phi) is 11.8. The van der Waals surface area contributed by atoms with E-state index in [2.05, 4.69) is 10.6 Å². The average molecular weight is 511 g/mol. The highest BCUT2D eigenvalue weighted by atomic mass is 16.4. The van der Waals surface area contributed by atoms with Gasteiger partial charge in [0.1, 0.15) is 23.9 Å². The lowest BCUT2D eigenvalue weighted by Gasteiger charge is -2.24. The van der Waals surface area contributed by atoms with Gasteiger partial charge in [-0.05, 0) is 30.5 Å². The van der Waals surface area contributed by atoms with Crippen molar-refractivity contribution >= 4 is 35.5 Å². The van der Waals surface area contributed by atoms with E-state index in [1.165, 1.54) is 12.1 Å². The zero-order valence-electron chi connectivity index (χ0n) is 19.2. The van der Waals surface area contributed by atoms with Gasteiger partial charge in [-0.25, -0.2) is 4.79 Å². The molecule has 5 amide bonds. The molecule has 0 heterocycles.